The van der Waals surface area contributed by atoms with Crippen LogP contribution in [-0.4, -0.2) is 70.7 Å². The van der Waals surface area contributed by atoms with Crippen molar-refractivity contribution < 1.29 is 10.2 Å². The van der Waals surface area contributed by atoms with Crippen LogP contribution in [0.5, 0.6) is 11.5 Å². The Hall–Kier alpha value is -2.70. The summed E-state index contributed by atoms with van der Waals surface area (Å²) in [5.74, 6) is 0.688. The summed E-state index contributed by atoms with van der Waals surface area (Å²) >= 11 is 0. The van der Waals surface area contributed by atoms with Gasteiger partial charge in [0.1, 0.15) is 11.5 Å². The van der Waals surface area contributed by atoms with Gasteiger partial charge in [0.2, 0.25) is 0 Å². The monoisotopic (exact) mass is 600 g/mol. The molecule has 2 aromatic rings. The molecule has 5 rings (SSSR count). The summed E-state index contributed by atoms with van der Waals surface area (Å²) in [5.41, 5.74) is 5.73. The minimum Gasteiger partial charge on any atom is -0.507 e. The van der Waals surface area contributed by atoms with Crippen LogP contribution >= 0.6 is 0 Å². The van der Waals surface area contributed by atoms with Crippen LogP contribution in [0.2, 0.25) is 0 Å². The highest BCUT2D eigenvalue weighted by Crippen LogP contribution is 2.36. The van der Waals surface area contributed by atoms with E-state index in [0.717, 1.165) is 87.2 Å². The molecule has 0 radical (unpaired) electrons. The maximum atomic E-state index is 11.3. The van der Waals surface area contributed by atoms with E-state index >= 15 is 0 Å². The molecule has 240 valence electrons. The topological polar surface area (TPSA) is 71.7 Å². The Kier molecular flexibility index (Phi) is 10.2. The lowest BCUT2D eigenvalue weighted by Crippen LogP contribution is -2.27. The van der Waals surface area contributed by atoms with E-state index < -0.39 is 0 Å². The number of nitrogens with zero attached hydrogens (tertiary/aromatic N) is 4. The van der Waals surface area contributed by atoms with Gasteiger partial charge in [0.15, 0.2) is 0 Å². The van der Waals surface area contributed by atoms with Gasteiger partial charge >= 0.3 is 0 Å². The fourth-order valence-electron chi connectivity index (χ4n) is 7.15. The van der Waals surface area contributed by atoms with E-state index in [0.29, 0.717) is 11.5 Å². The Morgan fingerprint density at radius 3 is 1.32 bits per heavy atom. The third kappa shape index (κ3) is 8.11. The first-order chi connectivity index (χ1) is 20.9. The van der Waals surface area contributed by atoms with Crippen molar-refractivity contribution in [1.82, 2.24) is 9.80 Å². The highest BCUT2D eigenvalue weighted by Gasteiger charge is 2.26. The van der Waals surface area contributed by atoms with E-state index in [4.69, 9.17) is 9.98 Å². The molecule has 2 aromatic carbocycles. The minimum absolute atomic E-state index is 0.0525. The Morgan fingerprint density at radius 2 is 0.977 bits per heavy atom. The van der Waals surface area contributed by atoms with Crippen molar-refractivity contribution in [3.05, 3.63) is 57.6 Å². The second-order valence-corrected chi connectivity index (χ2v) is 15.6. The normalized spacial score (nSPS) is 22.6. The summed E-state index contributed by atoms with van der Waals surface area (Å²) in [6, 6.07) is 8.74. The first-order valence-corrected chi connectivity index (χ1v) is 17.1. The molecule has 2 N–H and O–H groups in total. The van der Waals surface area contributed by atoms with Crippen molar-refractivity contribution in [3.63, 3.8) is 0 Å². The van der Waals surface area contributed by atoms with E-state index in [9.17, 15) is 10.2 Å². The Balaban J connectivity index is 1.40. The van der Waals surface area contributed by atoms with E-state index in [1.54, 1.807) is 0 Å². The van der Waals surface area contributed by atoms with Crippen molar-refractivity contribution in [3.8, 4) is 11.5 Å². The molecule has 2 unspecified atom stereocenters. The van der Waals surface area contributed by atoms with Crippen molar-refractivity contribution >= 4 is 12.4 Å². The summed E-state index contributed by atoms with van der Waals surface area (Å²) < 4.78 is 0. The lowest BCUT2D eigenvalue weighted by atomic mass is 9.84. The summed E-state index contributed by atoms with van der Waals surface area (Å²) in [4.78, 5) is 15.2. The highest BCUT2D eigenvalue weighted by atomic mass is 16.3. The van der Waals surface area contributed by atoms with Crippen LogP contribution in [0.4, 0.5) is 0 Å². The molecule has 2 aliphatic heterocycles. The second-order valence-electron chi connectivity index (χ2n) is 15.6. The van der Waals surface area contributed by atoms with Crippen LogP contribution in [0.25, 0.3) is 0 Å². The molecule has 2 heterocycles. The zero-order valence-electron chi connectivity index (χ0n) is 28.2. The van der Waals surface area contributed by atoms with Crippen LogP contribution in [0, 0.1) is 0 Å². The molecular formula is C38H56N4O2. The van der Waals surface area contributed by atoms with Crippen LogP contribution in [0.15, 0.2) is 34.3 Å². The Morgan fingerprint density at radius 1 is 0.614 bits per heavy atom. The molecule has 0 spiro atoms. The van der Waals surface area contributed by atoms with E-state index in [-0.39, 0.29) is 22.9 Å². The summed E-state index contributed by atoms with van der Waals surface area (Å²) in [6.45, 7) is 19.4. The van der Waals surface area contributed by atoms with Crippen molar-refractivity contribution in [1.29, 1.82) is 0 Å². The summed E-state index contributed by atoms with van der Waals surface area (Å²) in [7, 11) is 0. The maximum absolute atomic E-state index is 11.3. The zero-order chi connectivity index (χ0) is 31.5. The number of aromatic hydroxyl groups is 2. The number of hydrogen-bond donors (Lipinski definition) is 2. The number of phenolic OH excluding ortho intramolecular Hbond substituents is 2. The van der Waals surface area contributed by atoms with E-state index in [1.165, 1.54) is 36.8 Å². The number of benzene rings is 2. The highest BCUT2D eigenvalue weighted by molar-refractivity contribution is 5.86. The molecule has 44 heavy (non-hydrogen) atoms. The molecule has 6 nitrogen and oxygen atoms in total. The minimum atomic E-state index is -0.164. The van der Waals surface area contributed by atoms with Gasteiger partial charge in [-0.05, 0) is 98.8 Å². The number of aliphatic imine (C=N–C) groups is 2. The van der Waals surface area contributed by atoms with Crippen molar-refractivity contribution in [2.24, 2.45) is 9.98 Å². The lowest BCUT2D eigenvalue weighted by Gasteiger charge is -2.27. The average molecular weight is 601 g/mol. The van der Waals surface area contributed by atoms with Gasteiger partial charge in [0, 0.05) is 47.8 Å². The van der Waals surface area contributed by atoms with Gasteiger partial charge in [-0.2, -0.15) is 0 Å². The number of rotatable bonds is 8. The van der Waals surface area contributed by atoms with Crippen LogP contribution in [0.3, 0.4) is 0 Å². The largest absolute Gasteiger partial charge is 0.507 e. The molecule has 0 amide bonds. The predicted molar refractivity (Wildman–Crippen MR) is 184 cm³/mol. The fourth-order valence-corrected chi connectivity index (χ4v) is 7.15. The molecule has 2 saturated heterocycles. The third-order valence-electron chi connectivity index (χ3n) is 9.73. The molecule has 0 bridgehead atoms. The molecule has 1 saturated carbocycles. The van der Waals surface area contributed by atoms with Gasteiger partial charge in [-0.15, -0.1) is 0 Å². The SMILES string of the molecule is CC(C)(C)c1cc(CN2CCCC2)cc(C=NC2CCCCC2N=Cc2cc(CN3CCCC3)cc(C(C)(C)C)c2O)c1O. The third-order valence-corrected chi connectivity index (χ3v) is 9.73. The molecule has 3 fully saturated rings. The van der Waals surface area contributed by atoms with Crippen molar-refractivity contribution in [2.45, 2.75) is 129 Å². The smallest absolute Gasteiger partial charge is 0.128 e. The Labute approximate surface area is 266 Å². The molecule has 0 aromatic heterocycles. The van der Waals surface area contributed by atoms with Gasteiger partial charge in [0.05, 0.1) is 12.1 Å². The number of likely N-dealkylation sites (tertiary alicyclic amines) is 2. The summed E-state index contributed by atoms with van der Waals surface area (Å²) in [5, 5.41) is 22.7. The van der Waals surface area contributed by atoms with Crippen LogP contribution in [-0.2, 0) is 23.9 Å². The van der Waals surface area contributed by atoms with Crippen molar-refractivity contribution in [2.75, 3.05) is 26.2 Å². The van der Waals surface area contributed by atoms with E-state index in [1.807, 2.05) is 12.4 Å². The quantitative estimate of drug-likeness (QED) is 0.304. The van der Waals surface area contributed by atoms with Crippen LogP contribution < -0.4 is 0 Å². The molecule has 2 atom stereocenters. The first-order valence-electron chi connectivity index (χ1n) is 17.1. The molecular weight excluding hydrogens is 544 g/mol. The average Bonchev–Trinajstić information content (AvgIpc) is 3.67. The fraction of sp³-hybridized carbons (Fsp3) is 0.632. The van der Waals surface area contributed by atoms with Gasteiger partial charge in [0.25, 0.3) is 0 Å². The van der Waals surface area contributed by atoms with Gasteiger partial charge in [-0.3, -0.25) is 19.8 Å². The van der Waals surface area contributed by atoms with Gasteiger partial charge in [-0.1, -0.05) is 66.5 Å². The summed E-state index contributed by atoms with van der Waals surface area (Å²) in [6.07, 6.45) is 13.1. The molecule has 6 heteroatoms. The molecule has 1 aliphatic carbocycles. The first kappa shape index (κ1) is 32.7. The van der Waals surface area contributed by atoms with Gasteiger partial charge in [-0.25, -0.2) is 0 Å². The second kappa shape index (κ2) is 13.7. The Bertz CT molecular complexity index is 1230. The maximum Gasteiger partial charge on any atom is 0.128 e. The van der Waals surface area contributed by atoms with E-state index in [2.05, 4.69) is 75.6 Å². The van der Waals surface area contributed by atoms with Gasteiger partial charge < -0.3 is 10.2 Å². The van der Waals surface area contributed by atoms with Crippen LogP contribution in [0.1, 0.15) is 126 Å². The zero-order valence-corrected chi connectivity index (χ0v) is 28.2. The lowest BCUT2D eigenvalue weighted by molar-refractivity contribution is 0.330. The predicted octanol–water partition coefficient (Wildman–Crippen LogP) is 7.73. The molecule has 3 aliphatic rings. The number of hydrogen-bond acceptors (Lipinski definition) is 6. The standard InChI is InChI=1S/C38H56N4O2/c1-37(2,3)31-21-27(25-41-15-9-10-16-41)19-29(35(31)43)23-39-33-13-7-8-14-34(33)40-24-30-20-28(26-42-17-11-12-18-42)22-32(36(30)44)38(4,5)6/h19-24,33-34,43-44H,7-18,25-26H2,1-6H3. The number of phenols is 2.